The quantitative estimate of drug-likeness (QED) is 0.0486. The Kier molecular flexibility index (Phi) is 31.2. The van der Waals surface area contributed by atoms with E-state index in [0.29, 0.717) is 214 Å². The van der Waals surface area contributed by atoms with Gasteiger partial charge in [0.2, 0.25) is 27.1 Å². The number of piperidine rings is 2. The van der Waals surface area contributed by atoms with Crippen LogP contribution in [0.4, 0.5) is 35.1 Å². The lowest BCUT2D eigenvalue weighted by molar-refractivity contribution is 0.0773. The van der Waals surface area contributed by atoms with Crippen LogP contribution in [0.15, 0.2) is 280 Å². The number of Topliss-reactive ketones (excluding diaryl/α,β-unsaturated/α-hetero) is 3. The number of morpholine rings is 3. The van der Waals surface area contributed by atoms with Gasteiger partial charge in [0, 0.05) is 218 Å². The van der Waals surface area contributed by atoms with E-state index >= 15 is 0 Å². The van der Waals surface area contributed by atoms with Gasteiger partial charge in [0.15, 0.2) is 74.7 Å². The number of carbonyl (C=O) groups excluding carboxylic acids is 4. The summed E-state index contributed by atoms with van der Waals surface area (Å²) in [5.41, 5.74) is 21.5. The summed E-state index contributed by atoms with van der Waals surface area (Å²) in [4.78, 5) is 134. The summed E-state index contributed by atoms with van der Waals surface area (Å²) < 4.78 is 49.8. The number of benzene rings is 5. The number of aromatic nitrogens is 2. The van der Waals surface area contributed by atoms with Gasteiger partial charge in [-0.05, 0) is 147 Å². The summed E-state index contributed by atoms with van der Waals surface area (Å²) in [6, 6.07) is 57.4. The number of thiophene rings is 5. The summed E-state index contributed by atoms with van der Waals surface area (Å²) in [7, 11) is 0. The van der Waals surface area contributed by atoms with Crippen LogP contribution in [0.3, 0.4) is 0 Å². The highest BCUT2D eigenvalue weighted by Gasteiger charge is 2.29. The Morgan fingerprint density at radius 3 is 1.11 bits per heavy atom. The summed E-state index contributed by atoms with van der Waals surface area (Å²) in [5.74, 6) is 3.02. The SMILES string of the molecule is CCN(CC)C(=O)c1csc2c(=O)cc(N3CCOCC3)oc12.Nc1ccc(-c2csc3c(=O)cc(N4CCCCC4)oc23)cc1.O=C(CCc1ccccc1)c1cccc(-c2csc3c(=O)cc(N4CCOCC4)oc23)c1.O=C(Cc1ccccn1)c1cccc(-c2csc3c(=O)cc(N4CCOCC4)oc23)c1.O=C(Cc1ccncc1)c1cccc(-c2csc3c(=O)cc(N4CCCCC4)oc23)c1. The minimum absolute atomic E-state index is 0.00413. The standard InChI is InChI=1S/C26H23NO4S.C25H22N2O3S.C24H20N2O4S.C18H18N2O2S.C16H20N2O4S/c28-22(10-9-18-5-2-1-3-6-18)20-8-4-7-19(15-20)21-17-32-26-23(29)16-24(31-25(21)26)27-11-13-30-14-12-27;28-21(13-17-7-9-26-10-8-17)19-6-4-5-18(14-19)20-16-31-25-22(29)15-23(30-24(20)25)27-11-2-1-3-12-27;27-20(13-18-6-1-2-7-25-18)17-5-3-4-16(12-17)19-15-31-24-21(28)14-22(30-23(19)24)26-8-10-29-11-9-26;19-13-6-4-12(5-7-13)14-11-23-18-15(21)10-16(22-17(14)18)20-8-2-1-3-9-20;1-3-17(4-2)16(20)11-10-23-15-12(19)9-13(22-14(11)15)18-5-7-21-8-6-18/h1-8,15-17H,9-14H2;4-10,14-16H,1-3,11-13H2;1-7,12,14-15H,8-11,13H2;4-7,10-11H,1-3,8-9,19H2;9-10H,3-8H2,1-2H3. The largest absolute Gasteiger partial charge is 0.439 e. The first-order valence-electron chi connectivity index (χ1n) is 47.1. The molecule has 31 heteroatoms. The Morgan fingerprint density at radius 1 is 0.350 bits per heavy atom. The Balaban J connectivity index is 0.000000117. The molecule has 0 bridgehead atoms. The minimum Gasteiger partial charge on any atom is -0.439 e. The van der Waals surface area contributed by atoms with E-state index in [-0.39, 0.29) is 56.8 Å². The average molecular weight is 1970 g/mol. The lowest BCUT2D eigenvalue weighted by Gasteiger charge is -2.27. The molecule has 1 amide bonds. The number of aryl methyl sites for hydroxylation is 1. The number of nitrogens with two attached hydrogens (primary N) is 1. The number of nitrogen functional groups attached to an aromatic ring is 1. The fourth-order valence-corrected chi connectivity index (χ4v) is 22.0. The lowest BCUT2D eigenvalue weighted by atomic mass is 9.99. The second-order valence-electron chi connectivity index (χ2n) is 34.3. The number of ketones is 3. The van der Waals surface area contributed by atoms with E-state index in [1.54, 1.807) is 59.2 Å². The monoisotopic (exact) mass is 1970 g/mol. The van der Waals surface area contributed by atoms with Gasteiger partial charge >= 0.3 is 0 Å². The molecule has 0 saturated carbocycles. The molecule has 716 valence electrons. The van der Waals surface area contributed by atoms with Crippen LogP contribution < -0.4 is 57.4 Å². The Hall–Kier alpha value is -13.9. The van der Waals surface area contributed by atoms with E-state index < -0.39 is 0 Å². The normalized spacial score (nSPS) is 14.5. The van der Waals surface area contributed by atoms with Crippen LogP contribution in [0.2, 0.25) is 0 Å². The molecular formula is C109H103N9O17S5. The average Bonchev–Trinajstić information content (AvgIpc) is 1.64. The lowest BCUT2D eigenvalue weighted by Crippen LogP contribution is -2.36. The van der Waals surface area contributed by atoms with Gasteiger partial charge in [-0.3, -0.25) is 53.1 Å². The zero-order valence-corrected chi connectivity index (χ0v) is 81.5. The van der Waals surface area contributed by atoms with Crippen LogP contribution in [0.5, 0.6) is 0 Å². The van der Waals surface area contributed by atoms with Crippen LogP contribution >= 0.6 is 56.7 Å². The molecular weight excluding hydrogens is 1870 g/mol. The van der Waals surface area contributed by atoms with E-state index in [4.69, 9.17) is 42.0 Å². The maximum Gasteiger partial charge on any atom is 0.258 e. The third-order valence-corrected chi connectivity index (χ3v) is 30.0. The van der Waals surface area contributed by atoms with Crippen molar-refractivity contribution in [2.75, 3.05) is 148 Å². The number of amides is 1. The molecule has 5 aromatic carbocycles. The highest BCUT2D eigenvalue weighted by Crippen LogP contribution is 2.41. The van der Waals surface area contributed by atoms with Crippen molar-refractivity contribution in [1.82, 2.24) is 14.9 Å². The van der Waals surface area contributed by atoms with Gasteiger partial charge in [-0.25, -0.2) is 0 Å². The van der Waals surface area contributed by atoms with Gasteiger partial charge in [0.05, 0.1) is 51.6 Å². The number of hydrogen-bond donors (Lipinski definition) is 1. The van der Waals surface area contributed by atoms with Crippen molar-refractivity contribution in [2.45, 2.75) is 78.1 Å². The van der Waals surface area contributed by atoms with E-state index in [1.807, 2.05) is 202 Å². The first-order chi connectivity index (χ1) is 68.4. The van der Waals surface area contributed by atoms with Crippen molar-refractivity contribution in [3.8, 4) is 44.5 Å². The number of anilines is 6. The van der Waals surface area contributed by atoms with Crippen LogP contribution in [-0.2, 0) is 33.5 Å². The molecule has 2 N–H and O–H groups in total. The molecule has 5 aliphatic heterocycles. The Morgan fingerprint density at radius 2 is 0.714 bits per heavy atom. The van der Waals surface area contributed by atoms with Gasteiger partial charge in [0.25, 0.3) is 5.91 Å². The maximum absolute atomic E-state index is 12.8. The molecule has 0 radical (unpaired) electrons. The molecule has 0 spiro atoms. The number of rotatable bonds is 22. The fourth-order valence-electron chi connectivity index (χ4n) is 17.5. The molecule has 17 heterocycles. The number of nitrogens with zero attached hydrogens (tertiary/aromatic N) is 8. The van der Waals surface area contributed by atoms with Crippen LogP contribution in [0.1, 0.15) is 117 Å². The number of hydrogen-bond acceptors (Lipinski definition) is 30. The van der Waals surface area contributed by atoms with Gasteiger partial charge in [0.1, 0.15) is 23.5 Å². The van der Waals surface area contributed by atoms with E-state index in [9.17, 15) is 43.2 Å². The molecule has 26 nitrogen and oxygen atoms in total. The zero-order chi connectivity index (χ0) is 96.5. The van der Waals surface area contributed by atoms with Crippen molar-refractivity contribution in [1.29, 1.82) is 0 Å². The van der Waals surface area contributed by atoms with E-state index in [0.717, 1.165) is 119 Å². The smallest absolute Gasteiger partial charge is 0.258 e. The van der Waals surface area contributed by atoms with Gasteiger partial charge in [-0.15, -0.1) is 56.7 Å². The Bertz CT molecular complexity index is 7380. The van der Waals surface area contributed by atoms with Gasteiger partial charge in [-0.2, -0.15) is 0 Å². The topological polar surface area (TPSA) is 318 Å². The van der Waals surface area contributed by atoms with E-state index in [1.165, 1.54) is 75.6 Å². The number of pyridine rings is 2. The van der Waals surface area contributed by atoms with Gasteiger partial charge in [-0.1, -0.05) is 103 Å². The van der Waals surface area contributed by atoms with Gasteiger partial charge < -0.3 is 71.4 Å². The second-order valence-corrected chi connectivity index (χ2v) is 38.7. The molecule has 17 aromatic rings. The molecule has 5 saturated heterocycles. The fraction of sp³-hybridized carbons (Fsp3) is 0.275. The van der Waals surface area contributed by atoms with Crippen LogP contribution in [0.25, 0.3) is 95.9 Å². The van der Waals surface area contributed by atoms with Crippen molar-refractivity contribution < 1.29 is 55.5 Å². The molecule has 0 aliphatic carbocycles. The Labute approximate surface area is 825 Å². The molecule has 5 aliphatic rings. The van der Waals surface area contributed by atoms with Crippen LogP contribution in [-0.4, -0.2) is 156 Å². The zero-order valence-electron chi connectivity index (χ0n) is 77.5. The van der Waals surface area contributed by atoms with Crippen molar-refractivity contribution in [3.05, 3.63) is 324 Å². The maximum atomic E-state index is 12.8. The second kappa shape index (κ2) is 45.4. The molecule has 140 heavy (non-hydrogen) atoms. The highest BCUT2D eigenvalue weighted by molar-refractivity contribution is 7.19. The first kappa shape index (κ1) is 96.4. The number of carbonyl (C=O) groups is 4. The van der Waals surface area contributed by atoms with Crippen LogP contribution in [0, 0.1) is 0 Å². The summed E-state index contributed by atoms with van der Waals surface area (Å²) >= 11 is 6.84. The van der Waals surface area contributed by atoms with Crippen molar-refractivity contribution >= 4 is 166 Å². The third-order valence-electron chi connectivity index (χ3n) is 25.1. The minimum atomic E-state index is -0.101. The highest BCUT2D eigenvalue weighted by atomic mass is 32.1. The van der Waals surface area contributed by atoms with E-state index in [2.05, 4.69) is 19.8 Å². The number of fused-ring (bicyclic) bond motifs is 5. The van der Waals surface area contributed by atoms with Crippen molar-refractivity contribution in [3.63, 3.8) is 0 Å². The first-order valence-corrected chi connectivity index (χ1v) is 51.5. The molecule has 0 atom stereocenters. The molecule has 5 fully saturated rings. The summed E-state index contributed by atoms with van der Waals surface area (Å²) in [6.45, 7) is 16.6. The van der Waals surface area contributed by atoms with Crippen molar-refractivity contribution in [2.24, 2.45) is 0 Å². The number of ether oxygens (including phenoxy) is 3. The molecule has 12 aromatic heterocycles. The molecule has 0 unspecified atom stereocenters. The summed E-state index contributed by atoms with van der Waals surface area (Å²) in [5, 5.41) is 9.51. The third kappa shape index (κ3) is 22.7. The predicted octanol–water partition coefficient (Wildman–Crippen LogP) is 21.0. The molecule has 22 rings (SSSR count). The predicted molar refractivity (Wildman–Crippen MR) is 560 cm³/mol. The summed E-state index contributed by atoms with van der Waals surface area (Å²) in [6.07, 6.45) is 13.8.